The van der Waals surface area contributed by atoms with Crippen LogP contribution in [0.2, 0.25) is 5.22 Å². The Morgan fingerprint density at radius 3 is 2.62 bits per heavy atom. The lowest BCUT2D eigenvalue weighted by Crippen LogP contribution is -2.33. The van der Waals surface area contributed by atoms with Gasteiger partial charge in [0.05, 0.1) is 13.7 Å². The van der Waals surface area contributed by atoms with Crippen molar-refractivity contribution in [2.24, 2.45) is 0 Å². The molecule has 0 saturated heterocycles. The second kappa shape index (κ2) is 7.04. The van der Waals surface area contributed by atoms with E-state index in [0.29, 0.717) is 18.0 Å². The SMILES string of the molecule is COc1ccccc1O[C@@H](C)CNC(=O)c1ccc(Cl)o1. The van der Waals surface area contributed by atoms with Gasteiger partial charge in [0.15, 0.2) is 22.5 Å². The van der Waals surface area contributed by atoms with Gasteiger partial charge < -0.3 is 19.2 Å². The van der Waals surface area contributed by atoms with Crippen molar-refractivity contribution < 1.29 is 18.7 Å². The average Bonchev–Trinajstić information content (AvgIpc) is 2.92. The van der Waals surface area contributed by atoms with Crippen molar-refractivity contribution in [2.45, 2.75) is 13.0 Å². The van der Waals surface area contributed by atoms with Gasteiger partial charge in [0.25, 0.3) is 5.91 Å². The Labute approximate surface area is 127 Å². The molecule has 2 aromatic rings. The van der Waals surface area contributed by atoms with Gasteiger partial charge in [-0.3, -0.25) is 4.79 Å². The van der Waals surface area contributed by atoms with E-state index in [2.05, 4.69) is 5.32 Å². The van der Waals surface area contributed by atoms with Crippen LogP contribution >= 0.6 is 11.6 Å². The Balaban J connectivity index is 1.87. The minimum absolute atomic E-state index is 0.171. The maximum absolute atomic E-state index is 11.8. The van der Waals surface area contributed by atoms with Crippen LogP contribution in [0.5, 0.6) is 11.5 Å². The number of halogens is 1. The van der Waals surface area contributed by atoms with Crippen LogP contribution in [-0.4, -0.2) is 25.7 Å². The molecule has 0 bridgehead atoms. The molecule has 21 heavy (non-hydrogen) atoms. The summed E-state index contributed by atoms with van der Waals surface area (Å²) in [6.45, 7) is 2.18. The number of ether oxygens (including phenoxy) is 2. The number of para-hydroxylation sites is 2. The normalized spacial score (nSPS) is 11.8. The highest BCUT2D eigenvalue weighted by Crippen LogP contribution is 2.26. The molecule has 1 heterocycles. The Morgan fingerprint density at radius 1 is 1.29 bits per heavy atom. The van der Waals surface area contributed by atoms with Crippen molar-refractivity contribution in [2.75, 3.05) is 13.7 Å². The van der Waals surface area contributed by atoms with E-state index in [1.807, 2.05) is 31.2 Å². The summed E-state index contributed by atoms with van der Waals surface area (Å²) in [5.41, 5.74) is 0. The molecule has 1 aromatic carbocycles. The third kappa shape index (κ3) is 4.16. The summed E-state index contributed by atoms with van der Waals surface area (Å²) in [4.78, 5) is 11.8. The number of rotatable bonds is 6. The number of benzene rings is 1. The van der Waals surface area contributed by atoms with Crippen molar-refractivity contribution in [1.82, 2.24) is 5.32 Å². The van der Waals surface area contributed by atoms with E-state index >= 15 is 0 Å². The highest BCUT2D eigenvalue weighted by molar-refractivity contribution is 6.29. The second-order valence-electron chi connectivity index (χ2n) is 4.39. The molecule has 0 aliphatic carbocycles. The summed E-state index contributed by atoms with van der Waals surface area (Å²) in [7, 11) is 1.58. The molecule has 0 radical (unpaired) electrons. The summed E-state index contributed by atoms with van der Waals surface area (Å²) < 4.78 is 16.0. The molecule has 0 saturated carbocycles. The lowest BCUT2D eigenvalue weighted by molar-refractivity contribution is 0.0904. The van der Waals surface area contributed by atoms with Crippen LogP contribution in [0.1, 0.15) is 17.5 Å². The van der Waals surface area contributed by atoms with E-state index in [1.165, 1.54) is 12.1 Å². The topological polar surface area (TPSA) is 60.7 Å². The first kappa shape index (κ1) is 15.3. The van der Waals surface area contributed by atoms with Gasteiger partial charge in [-0.25, -0.2) is 0 Å². The smallest absolute Gasteiger partial charge is 0.287 e. The molecule has 1 atom stereocenters. The minimum atomic E-state index is -0.336. The highest BCUT2D eigenvalue weighted by Gasteiger charge is 2.13. The first-order chi connectivity index (χ1) is 10.1. The number of amides is 1. The largest absolute Gasteiger partial charge is 0.493 e. The van der Waals surface area contributed by atoms with Crippen LogP contribution in [-0.2, 0) is 0 Å². The van der Waals surface area contributed by atoms with Crippen molar-refractivity contribution in [3.05, 3.63) is 47.4 Å². The molecule has 0 aliphatic heterocycles. The predicted octanol–water partition coefficient (Wildman–Crippen LogP) is 3.14. The number of hydrogen-bond acceptors (Lipinski definition) is 4. The van der Waals surface area contributed by atoms with E-state index in [0.717, 1.165) is 0 Å². The van der Waals surface area contributed by atoms with Crippen molar-refractivity contribution in [3.63, 3.8) is 0 Å². The third-order valence-corrected chi connectivity index (χ3v) is 2.95. The molecule has 6 heteroatoms. The second-order valence-corrected chi connectivity index (χ2v) is 4.77. The van der Waals surface area contributed by atoms with E-state index < -0.39 is 0 Å². The highest BCUT2D eigenvalue weighted by atomic mass is 35.5. The molecule has 1 amide bonds. The quantitative estimate of drug-likeness (QED) is 0.890. The van der Waals surface area contributed by atoms with Gasteiger partial charge in [-0.1, -0.05) is 12.1 Å². The minimum Gasteiger partial charge on any atom is -0.493 e. The van der Waals surface area contributed by atoms with E-state index in [1.54, 1.807) is 7.11 Å². The van der Waals surface area contributed by atoms with Crippen LogP contribution < -0.4 is 14.8 Å². The van der Waals surface area contributed by atoms with Gasteiger partial charge in [-0.2, -0.15) is 0 Å². The standard InChI is InChI=1S/C15H16ClNO4/c1-10(20-12-6-4-3-5-11(12)19-2)9-17-15(18)13-7-8-14(16)21-13/h3-8,10H,9H2,1-2H3,(H,17,18)/t10-/m0/s1. The monoisotopic (exact) mass is 309 g/mol. The number of hydrogen-bond donors (Lipinski definition) is 1. The van der Waals surface area contributed by atoms with Crippen molar-refractivity contribution in [1.29, 1.82) is 0 Å². The lowest BCUT2D eigenvalue weighted by atomic mass is 10.3. The average molecular weight is 310 g/mol. The van der Waals surface area contributed by atoms with Crippen molar-refractivity contribution in [3.8, 4) is 11.5 Å². The van der Waals surface area contributed by atoms with E-state index in [-0.39, 0.29) is 23.0 Å². The van der Waals surface area contributed by atoms with Crippen LogP contribution in [0.3, 0.4) is 0 Å². The van der Waals surface area contributed by atoms with Crippen molar-refractivity contribution >= 4 is 17.5 Å². The molecule has 5 nitrogen and oxygen atoms in total. The fourth-order valence-electron chi connectivity index (χ4n) is 1.73. The predicted molar refractivity (Wildman–Crippen MR) is 79.1 cm³/mol. The van der Waals surface area contributed by atoms with Gasteiger partial charge in [-0.05, 0) is 42.8 Å². The Bertz CT molecular complexity index is 611. The maximum atomic E-state index is 11.8. The summed E-state index contributed by atoms with van der Waals surface area (Å²) in [6, 6.07) is 10.4. The zero-order valence-electron chi connectivity index (χ0n) is 11.8. The zero-order chi connectivity index (χ0) is 15.2. The van der Waals surface area contributed by atoms with Gasteiger partial charge in [0, 0.05) is 0 Å². The van der Waals surface area contributed by atoms with Crippen LogP contribution in [0.25, 0.3) is 0 Å². The molecule has 0 unspecified atom stereocenters. The van der Waals surface area contributed by atoms with Gasteiger partial charge in [0.1, 0.15) is 6.10 Å². The number of methoxy groups -OCH3 is 1. The molecule has 0 aliphatic rings. The van der Waals surface area contributed by atoms with Gasteiger partial charge >= 0.3 is 0 Å². The third-order valence-electron chi connectivity index (χ3n) is 2.74. The first-order valence-electron chi connectivity index (χ1n) is 6.43. The molecule has 0 fully saturated rings. The lowest BCUT2D eigenvalue weighted by Gasteiger charge is -2.17. The first-order valence-corrected chi connectivity index (χ1v) is 6.81. The zero-order valence-corrected chi connectivity index (χ0v) is 12.5. The molecule has 0 spiro atoms. The summed E-state index contributed by atoms with van der Waals surface area (Å²) in [5, 5.41) is 2.89. The molecule has 1 aromatic heterocycles. The fourth-order valence-corrected chi connectivity index (χ4v) is 1.88. The number of furan rings is 1. The Hall–Kier alpha value is -2.14. The van der Waals surface area contributed by atoms with Gasteiger partial charge in [0.2, 0.25) is 0 Å². The molecule has 2 rings (SSSR count). The van der Waals surface area contributed by atoms with E-state index in [4.69, 9.17) is 25.5 Å². The number of carbonyl (C=O) groups excluding carboxylic acids is 1. The summed E-state index contributed by atoms with van der Waals surface area (Å²) in [5.74, 6) is 1.11. The van der Waals surface area contributed by atoms with Crippen LogP contribution in [0.4, 0.5) is 0 Å². The number of carbonyl (C=O) groups is 1. The van der Waals surface area contributed by atoms with Crippen LogP contribution in [0, 0.1) is 0 Å². The van der Waals surface area contributed by atoms with Crippen LogP contribution in [0.15, 0.2) is 40.8 Å². The number of nitrogens with one attached hydrogen (secondary N) is 1. The summed E-state index contributed by atoms with van der Waals surface area (Å²) >= 11 is 5.62. The van der Waals surface area contributed by atoms with Gasteiger partial charge in [-0.15, -0.1) is 0 Å². The Kier molecular flexibility index (Phi) is 5.11. The maximum Gasteiger partial charge on any atom is 0.287 e. The molecular weight excluding hydrogens is 294 g/mol. The molecule has 1 N–H and O–H groups in total. The summed E-state index contributed by atoms with van der Waals surface area (Å²) in [6.07, 6.45) is -0.226. The molecular formula is C15H16ClNO4. The van der Waals surface area contributed by atoms with E-state index in [9.17, 15) is 4.79 Å². The molecule has 112 valence electrons. The Morgan fingerprint density at radius 2 is 2.00 bits per heavy atom. The fraction of sp³-hybridized carbons (Fsp3) is 0.267.